The van der Waals surface area contributed by atoms with Gasteiger partial charge in [0.2, 0.25) is 0 Å². The van der Waals surface area contributed by atoms with E-state index in [2.05, 4.69) is 18.7 Å². The van der Waals surface area contributed by atoms with Crippen molar-refractivity contribution in [2.45, 2.75) is 23.8 Å². The molecule has 1 aliphatic rings. The van der Waals surface area contributed by atoms with Gasteiger partial charge in [0.15, 0.2) is 0 Å². The third kappa shape index (κ3) is 1.06. The average Bonchev–Trinajstić information content (AvgIpc) is 2.35. The Labute approximate surface area is 72.0 Å². The van der Waals surface area contributed by atoms with E-state index in [1.165, 1.54) is 11.1 Å². The lowest BCUT2D eigenvalue weighted by molar-refractivity contribution is 0.713. The predicted molar refractivity (Wildman–Crippen MR) is 48.9 cm³/mol. The van der Waals surface area contributed by atoms with Gasteiger partial charge in [0.1, 0.15) is 0 Å². The van der Waals surface area contributed by atoms with Crippen LogP contribution in [0, 0.1) is 0 Å². The Kier molecular flexibility index (Phi) is 1.66. The molecule has 1 nitrogen and oxygen atoms in total. The first-order chi connectivity index (χ1) is 5.29. The number of fused-ring (bicyclic) bond motifs is 1. The number of thiol groups is 1. The number of nitrogens with two attached hydrogens (primary N) is 1. The summed E-state index contributed by atoms with van der Waals surface area (Å²) in [7, 11) is 0. The van der Waals surface area contributed by atoms with Crippen molar-refractivity contribution in [1.82, 2.24) is 0 Å². The normalized spacial score (nSPS) is 21.8. The van der Waals surface area contributed by atoms with Crippen molar-refractivity contribution in [1.29, 1.82) is 0 Å². The fourth-order valence-electron chi connectivity index (χ4n) is 1.67. The van der Waals surface area contributed by atoms with E-state index in [9.17, 15) is 0 Å². The van der Waals surface area contributed by atoms with Crippen molar-refractivity contribution < 1.29 is 0 Å². The first-order valence-corrected chi connectivity index (χ1v) is 4.30. The summed E-state index contributed by atoms with van der Waals surface area (Å²) < 4.78 is 0. The van der Waals surface area contributed by atoms with E-state index in [1.54, 1.807) is 0 Å². The Morgan fingerprint density at radius 2 is 2.27 bits per heavy atom. The molecule has 2 N–H and O–H groups in total. The van der Waals surface area contributed by atoms with Crippen LogP contribution in [0.25, 0.3) is 0 Å². The smallest absolute Gasteiger partial charge is 0.0301 e. The van der Waals surface area contributed by atoms with Gasteiger partial charge in [-0.25, -0.2) is 0 Å². The maximum absolute atomic E-state index is 5.88. The molecule has 2 rings (SSSR count). The second-order valence-corrected chi connectivity index (χ2v) is 3.47. The number of hydrogen-bond donors (Lipinski definition) is 2. The van der Waals surface area contributed by atoms with Gasteiger partial charge in [-0.2, -0.15) is 0 Å². The lowest BCUT2D eigenvalue weighted by atomic mass is 10.1. The van der Waals surface area contributed by atoms with E-state index in [4.69, 9.17) is 5.73 Å². The molecule has 0 bridgehead atoms. The molecule has 0 heterocycles. The molecular weight excluding hydrogens is 154 g/mol. The summed E-state index contributed by atoms with van der Waals surface area (Å²) >= 11 is 4.37. The van der Waals surface area contributed by atoms with E-state index in [0.717, 1.165) is 17.7 Å². The van der Waals surface area contributed by atoms with Gasteiger partial charge in [-0.1, -0.05) is 12.1 Å². The number of hydrogen-bond acceptors (Lipinski definition) is 2. The van der Waals surface area contributed by atoms with Crippen LogP contribution in [0.2, 0.25) is 0 Å². The number of benzene rings is 1. The highest BCUT2D eigenvalue weighted by atomic mass is 32.1. The summed E-state index contributed by atoms with van der Waals surface area (Å²) in [5.74, 6) is 0. The van der Waals surface area contributed by atoms with Crippen molar-refractivity contribution in [3.8, 4) is 0 Å². The molecule has 1 aromatic carbocycles. The standard InChI is InChI=1S/C9H11NS/c10-8-5-4-7-6(8)2-1-3-9(7)11/h1-3,8,11H,4-5,10H2. The van der Waals surface area contributed by atoms with Crippen molar-refractivity contribution in [2.75, 3.05) is 0 Å². The van der Waals surface area contributed by atoms with Crippen LogP contribution in [0.15, 0.2) is 23.1 Å². The van der Waals surface area contributed by atoms with Crippen molar-refractivity contribution >= 4 is 12.6 Å². The van der Waals surface area contributed by atoms with Crippen LogP contribution in [0.4, 0.5) is 0 Å². The third-order valence-corrected chi connectivity index (χ3v) is 2.71. The Bertz CT molecular complexity index is 283. The molecule has 0 radical (unpaired) electrons. The van der Waals surface area contributed by atoms with Crippen molar-refractivity contribution in [3.05, 3.63) is 29.3 Å². The highest BCUT2D eigenvalue weighted by Crippen LogP contribution is 2.32. The lowest BCUT2D eigenvalue weighted by Crippen LogP contribution is -2.04. The lowest BCUT2D eigenvalue weighted by Gasteiger charge is -2.04. The second kappa shape index (κ2) is 2.54. The molecule has 1 unspecified atom stereocenters. The minimum atomic E-state index is 0.247. The molecule has 58 valence electrons. The molecule has 11 heavy (non-hydrogen) atoms. The summed E-state index contributed by atoms with van der Waals surface area (Å²) in [4.78, 5) is 1.09. The van der Waals surface area contributed by atoms with Gasteiger partial charge >= 0.3 is 0 Å². The summed E-state index contributed by atoms with van der Waals surface area (Å²) in [5.41, 5.74) is 8.52. The predicted octanol–water partition coefficient (Wildman–Crippen LogP) is 1.92. The molecule has 0 saturated heterocycles. The molecule has 0 saturated carbocycles. The van der Waals surface area contributed by atoms with Crippen LogP contribution in [0.3, 0.4) is 0 Å². The zero-order valence-corrected chi connectivity index (χ0v) is 7.14. The zero-order valence-electron chi connectivity index (χ0n) is 6.25. The zero-order chi connectivity index (χ0) is 7.84. The summed E-state index contributed by atoms with van der Waals surface area (Å²) in [6.07, 6.45) is 2.17. The molecule has 0 amide bonds. The fraction of sp³-hybridized carbons (Fsp3) is 0.333. The molecule has 1 aromatic rings. The summed E-state index contributed by atoms with van der Waals surface area (Å²) in [5, 5.41) is 0. The average molecular weight is 165 g/mol. The van der Waals surface area contributed by atoms with Gasteiger partial charge in [0.25, 0.3) is 0 Å². The van der Waals surface area contributed by atoms with E-state index in [0.29, 0.717) is 0 Å². The highest BCUT2D eigenvalue weighted by Gasteiger charge is 2.19. The fourth-order valence-corrected chi connectivity index (χ4v) is 1.99. The SMILES string of the molecule is NC1CCc2c(S)cccc21. The Morgan fingerprint density at radius 3 is 3.00 bits per heavy atom. The maximum atomic E-state index is 5.88. The molecule has 0 fully saturated rings. The Hall–Kier alpha value is -0.470. The van der Waals surface area contributed by atoms with Gasteiger partial charge in [0, 0.05) is 10.9 Å². The van der Waals surface area contributed by atoms with Gasteiger partial charge in [-0.3, -0.25) is 0 Å². The van der Waals surface area contributed by atoms with Crippen LogP contribution < -0.4 is 5.73 Å². The molecule has 0 aromatic heterocycles. The van der Waals surface area contributed by atoms with Gasteiger partial charge < -0.3 is 5.73 Å². The second-order valence-electron chi connectivity index (χ2n) is 2.99. The Balaban J connectivity index is 2.57. The van der Waals surface area contributed by atoms with Crippen LogP contribution in [-0.4, -0.2) is 0 Å². The van der Waals surface area contributed by atoms with Gasteiger partial charge in [-0.05, 0) is 30.0 Å². The van der Waals surface area contributed by atoms with Crippen LogP contribution in [0.1, 0.15) is 23.6 Å². The maximum Gasteiger partial charge on any atom is 0.0301 e. The van der Waals surface area contributed by atoms with E-state index in [-0.39, 0.29) is 6.04 Å². The number of rotatable bonds is 0. The summed E-state index contributed by atoms with van der Waals surface area (Å²) in [6.45, 7) is 0. The van der Waals surface area contributed by atoms with E-state index in [1.807, 2.05) is 12.1 Å². The van der Waals surface area contributed by atoms with Crippen LogP contribution in [-0.2, 0) is 6.42 Å². The molecular formula is C9H11NS. The van der Waals surface area contributed by atoms with Crippen LogP contribution >= 0.6 is 12.6 Å². The monoisotopic (exact) mass is 165 g/mol. The van der Waals surface area contributed by atoms with E-state index < -0.39 is 0 Å². The molecule has 2 heteroatoms. The highest BCUT2D eigenvalue weighted by molar-refractivity contribution is 7.80. The third-order valence-electron chi connectivity index (χ3n) is 2.29. The molecule has 1 aliphatic carbocycles. The largest absolute Gasteiger partial charge is 0.324 e. The van der Waals surface area contributed by atoms with Crippen LogP contribution in [0.5, 0.6) is 0 Å². The van der Waals surface area contributed by atoms with Gasteiger partial charge in [-0.15, -0.1) is 12.6 Å². The van der Waals surface area contributed by atoms with E-state index >= 15 is 0 Å². The summed E-state index contributed by atoms with van der Waals surface area (Å²) in [6, 6.07) is 6.40. The molecule has 0 spiro atoms. The van der Waals surface area contributed by atoms with Gasteiger partial charge in [0.05, 0.1) is 0 Å². The minimum Gasteiger partial charge on any atom is -0.324 e. The minimum absolute atomic E-state index is 0.247. The molecule has 1 atom stereocenters. The first kappa shape index (κ1) is 7.19. The van der Waals surface area contributed by atoms with Crippen molar-refractivity contribution in [3.63, 3.8) is 0 Å². The van der Waals surface area contributed by atoms with Crippen molar-refractivity contribution in [2.24, 2.45) is 5.73 Å². The topological polar surface area (TPSA) is 26.0 Å². The Morgan fingerprint density at radius 1 is 1.45 bits per heavy atom. The quantitative estimate of drug-likeness (QED) is 0.564. The first-order valence-electron chi connectivity index (χ1n) is 3.85. The molecule has 0 aliphatic heterocycles.